The second-order valence-corrected chi connectivity index (χ2v) is 4.70. The molecule has 0 aliphatic heterocycles. The molecule has 3 N–H and O–H groups in total. The molecule has 0 bridgehead atoms. The maximum absolute atomic E-state index is 13.6. The Bertz CT molecular complexity index is 555. The van der Waals surface area contributed by atoms with Gasteiger partial charge in [0, 0.05) is 10.2 Å². The van der Waals surface area contributed by atoms with Crippen molar-refractivity contribution in [2.45, 2.75) is 6.92 Å². The quantitative estimate of drug-likeness (QED) is 0.814. The summed E-state index contributed by atoms with van der Waals surface area (Å²) in [4.78, 5) is 0. The van der Waals surface area contributed by atoms with Gasteiger partial charge in [-0.1, -0.05) is 6.07 Å². The van der Waals surface area contributed by atoms with Crippen molar-refractivity contribution in [3.05, 3.63) is 52.3 Å². The van der Waals surface area contributed by atoms with Crippen LogP contribution in [0.1, 0.15) is 5.56 Å². The SMILES string of the molecule is Cc1ccc(Br)c(Nc2ccc(N)cc2F)c1. The number of halogens is 2. The molecular formula is C13H12BrFN2. The van der Waals surface area contributed by atoms with Gasteiger partial charge < -0.3 is 11.1 Å². The van der Waals surface area contributed by atoms with Gasteiger partial charge in [-0.25, -0.2) is 4.39 Å². The standard InChI is InChI=1S/C13H12BrFN2/c1-8-2-4-10(14)13(6-8)17-12-5-3-9(16)7-11(12)15/h2-7,17H,16H2,1H3. The van der Waals surface area contributed by atoms with Gasteiger partial charge in [0.25, 0.3) is 0 Å². The Hall–Kier alpha value is -1.55. The van der Waals surface area contributed by atoms with Crippen molar-refractivity contribution in [1.82, 2.24) is 0 Å². The normalized spacial score (nSPS) is 10.3. The summed E-state index contributed by atoms with van der Waals surface area (Å²) in [5.41, 5.74) is 8.25. The third kappa shape index (κ3) is 2.77. The summed E-state index contributed by atoms with van der Waals surface area (Å²) in [5, 5.41) is 3.03. The third-order valence-electron chi connectivity index (χ3n) is 2.38. The fraction of sp³-hybridized carbons (Fsp3) is 0.0769. The number of hydrogen-bond acceptors (Lipinski definition) is 2. The van der Waals surface area contributed by atoms with Crippen LogP contribution in [-0.2, 0) is 0 Å². The minimum absolute atomic E-state index is 0.363. The number of nitrogen functional groups attached to an aromatic ring is 1. The van der Waals surface area contributed by atoms with Crippen LogP contribution in [0.2, 0.25) is 0 Å². The third-order valence-corrected chi connectivity index (χ3v) is 3.08. The number of aryl methyl sites for hydroxylation is 1. The molecule has 0 aliphatic carbocycles. The zero-order chi connectivity index (χ0) is 12.4. The van der Waals surface area contributed by atoms with Gasteiger partial charge in [0.1, 0.15) is 5.82 Å². The molecule has 0 saturated heterocycles. The summed E-state index contributed by atoms with van der Waals surface area (Å²) < 4.78 is 14.5. The van der Waals surface area contributed by atoms with Crippen LogP contribution >= 0.6 is 15.9 Å². The largest absolute Gasteiger partial charge is 0.399 e. The lowest BCUT2D eigenvalue weighted by Crippen LogP contribution is -1.96. The number of anilines is 3. The van der Waals surface area contributed by atoms with Gasteiger partial charge in [0.05, 0.1) is 11.4 Å². The Morgan fingerprint density at radius 2 is 1.88 bits per heavy atom. The molecule has 0 radical (unpaired) electrons. The van der Waals surface area contributed by atoms with E-state index in [-0.39, 0.29) is 5.82 Å². The fourth-order valence-corrected chi connectivity index (χ4v) is 1.86. The number of nitrogens with two attached hydrogens (primary N) is 1. The second kappa shape index (κ2) is 4.75. The molecule has 2 aromatic rings. The molecule has 2 aromatic carbocycles. The van der Waals surface area contributed by atoms with Crippen molar-refractivity contribution in [3.8, 4) is 0 Å². The van der Waals surface area contributed by atoms with Crippen molar-refractivity contribution in [3.63, 3.8) is 0 Å². The van der Waals surface area contributed by atoms with Crippen LogP contribution in [0.25, 0.3) is 0 Å². The van der Waals surface area contributed by atoms with Gasteiger partial charge in [-0.2, -0.15) is 0 Å². The van der Waals surface area contributed by atoms with E-state index in [1.54, 1.807) is 12.1 Å². The molecule has 0 unspecified atom stereocenters. The van der Waals surface area contributed by atoms with Crippen LogP contribution in [0.5, 0.6) is 0 Å². The molecule has 0 aromatic heterocycles. The van der Waals surface area contributed by atoms with Crippen LogP contribution in [0.4, 0.5) is 21.5 Å². The number of nitrogens with one attached hydrogen (secondary N) is 1. The summed E-state index contributed by atoms with van der Waals surface area (Å²) >= 11 is 3.42. The zero-order valence-electron chi connectivity index (χ0n) is 9.30. The Kier molecular flexibility index (Phi) is 3.33. The summed E-state index contributed by atoms with van der Waals surface area (Å²) in [6.45, 7) is 1.98. The molecule has 0 aliphatic rings. The summed E-state index contributed by atoms with van der Waals surface area (Å²) in [7, 11) is 0. The Balaban J connectivity index is 2.34. The molecule has 2 nitrogen and oxygen atoms in total. The molecule has 0 saturated carbocycles. The first-order valence-electron chi connectivity index (χ1n) is 5.14. The van der Waals surface area contributed by atoms with Crippen molar-refractivity contribution in [2.24, 2.45) is 0 Å². The van der Waals surface area contributed by atoms with Crippen LogP contribution in [-0.4, -0.2) is 0 Å². The molecule has 17 heavy (non-hydrogen) atoms. The smallest absolute Gasteiger partial charge is 0.148 e. The summed E-state index contributed by atoms with van der Waals surface area (Å²) in [5.74, 6) is -0.363. The molecule has 88 valence electrons. The Morgan fingerprint density at radius 3 is 2.59 bits per heavy atom. The first kappa shape index (κ1) is 11.9. The van der Waals surface area contributed by atoms with E-state index in [1.807, 2.05) is 25.1 Å². The van der Waals surface area contributed by atoms with Gasteiger partial charge >= 0.3 is 0 Å². The number of hydrogen-bond donors (Lipinski definition) is 2. The Labute approximate surface area is 108 Å². The maximum atomic E-state index is 13.6. The van der Waals surface area contributed by atoms with Crippen molar-refractivity contribution < 1.29 is 4.39 Å². The molecule has 0 heterocycles. The van der Waals surface area contributed by atoms with E-state index >= 15 is 0 Å². The van der Waals surface area contributed by atoms with E-state index in [0.29, 0.717) is 11.4 Å². The van der Waals surface area contributed by atoms with Gasteiger partial charge in [-0.15, -0.1) is 0 Å². The molecule has 2 rings (SSSR count). The lowest BCUT2D eigenvalue weighted by atomic mass is 10.2. The van der Waals surface area contributed by atoms with Crippen molar-refractivity contribution >= 4 is 33.0 Å². The highest BCUT2D eigenvalue weighted by Crippen LogP contribution is 2.28. The van der Waals surface area contributed by atoms with Crippen molar-refractivity contribution in [1.29, 1.82) is 0 Å². The molecule has 0 atom stereocenters. The minimum atomic E-state index is -0.363. The summed E-state index contributed by atoms with van der Waals surface area (Å²) in [6, 6.07) is 10.4. The first-order valence-corrected chi connectivity index (χ1v) is 5.94. The number of benzene rings is 2. The lowest BCUT2D eigenvalue weighted by Gasteiger charge is -2.10. The highest BCUT2D eigenvalue weighted by atomic mass is 79.9. The highest BCUT2D eigenvalue weighted by Gasteiger charge is 2.05. The highest BCUT2D eigenvalue weighted by molar-refractivity contribution is 9.10. The molecule has 0 fully saturated rings. The predicted octanol–water partition coefficient (Wildman–Crippen LogP) is 4.22. The summed E-state index contributed by atoms with van der Waals surface area (Å²) in [6.07, 6.45) is 0. The first-order chi connectivity index (χ1) is 8.06. The predicted molar refractivity (Wildman–Crippen MR) is 73.0 cm³/mol. The van der Waals surface area contributed by atoms with Gasteiger partial charge in [-0.05, 0) is 58.7 Å². The molecule has 4 heteroatoms. The van der Waals surface area contributed by atoms with E-state index in [9.17, 15) is 4.39 Å². The fourth-order valence-electron chi connectivity index (χ4n) is 1.51. The van der Waals surface area contributed by atoms with Crippen LogP contribution in [0.3, 0.4) is 0 Å². The maximum Gasteiger partial charge on any atom is 0.148 e. The molecular weight excluding hydrogens is 283 g/mol. The van der Waals surface area contributed by atoms with Crippen LogP contribution in [0, 0.1) is 12.7 Å². The minimum Gasteiger partial charge on any atom is -0.399 e. The second-order valence-electron chi connectivity index (χ2n) is 3.85. The van der Waals surface area contributed by atoms with E-state index in [4.69, 9.17) is 5.73 Å². The topological polar surface area (TPSA) is 38.0 Å². The lowest BCUT2D eigenvalue weighted by molar-refractivity contribution is 0.632. The van der Waals surface area contributed by atoms with Gasteiger partial charge in [0.15, 0.2) is 0 Å². The molecule has 0 amide bonds. The Morgan fingerprint density at radius 1 is 1.12 bits per heavy atom. The zero-order valence-corrected chi connectivity index (χ0v) is 10.9. The van der Waals surface area contributed by atoms with Gasteiger partial charge in [-0.3, -0.25) is 0 Å². The average Bonchev–Trinajstić information content (AvgIpc) is 2.27. The van der Waals surface area contributed by atoms with E-state index in [2.05, 4.69) is 21.2 Å². The van der Waals surface area contributed by atoms with E-state index in [0.717, 1.165) is 15.7 Å². The van der Waals surface area contributed by atoms with E-state index in [1.165, 1.54) is 6.07 Å². The van der Waals surface area contributed by atoms with Crippen molar-refractivity contribution in [2.75, 3.05) is 11.1 Å². The van der Waals surface area contributed by atoms with Crippen LogP contribution < -0.4 is 11.1 Å². The monoisotopic (exact) mass is 294 g/mol. The molecule has 0 spiro atoms. The average molecular weight is 295 g/mol. The number of rotatable bonds is 2. The van der Waals surface area contributed by atoms with Crippen LogP contribution in [0.15, 0.2) is 40.9 Å². The van der Waals surface area contributed by atoms with Gasteiger partial charge in [0.2, 0.25) is 0 Å². The van der Waals surface area contributed by atoms with E-state index < -0.39 is 0 Å².